The summed E-state index contributed by atoms with van der Waals surface area (Å²) in [5.41, 5.74) is 0.780. The van der Waals surface area contributed by atoms with Crippen molar-refractivity contribution in [2.45, 2.75) is 40.0 Å². The number of unbranched alkanes of at least 4 members (excludes halogenated alkanes) is 1. The van der Waals surface area contributed by atoms with Crippen molar-refractivity contribution in [1.82, 2.24) is 0 Å². The molecular formula is C15H22O2. The molecule has 1 atom stereocenters. The summed E-state index contributed by atoms with van der Waals surface area (Å²) in [5.74, 6) is 1.16. The van der Waals surface area contributed by atoms with Gasteiger partial charge in [0.2, 0.25) is 0 Å². The van der Waals surface area contributed by atoms with Gasteiger partial charge in [-0.1, -0.05) is 27.2 Å². The van der Waals surface area contributed by atoms with Gasteiger partial charge in [-0.3, -0.25) is 4.79 Å². The topological polar surface area (TPSA) is 26.3 Å². The fraction of sp³-hybridized carbons (Fsp3) is 0.533. The van der Waals surface area contributed by atoms with Crippen molar-refractivity contribution < 1.29 is 9.53 Å². The second kappa shape index (κ2) is 7.10. The minimum atomic E-state index is 0.0989. The van der Waals surface area contributed by atoms with E-state index in [1.165, 1.54) is 0 Å². The van der Waals surface area contributed by atoms with Crippen LogP contribution in [0.25, 0.3) is 0 Å². The Morgan fingerprint density at radius 3 is 2.41 bits per heavy atom. The number of benzene rings is 1. The van der Waals surface area contributed by atoms with Gasteiger partial charge in [-0.15, -0.1) is 0 Å². The zero-order valence-corrected chi connectivity index (χ0v) is 11.0. The van der Waals surface area contributed by atoms with Gasteiger partial charge in [0.05, 0.1) is 6.61 Å². The number of rotatable bonds is 7. The molecule has 2 nitrogen and oxygen atoms in total. The maximum absolute atomic E-state index is 11.9. The third kappa shape index (κ3) is 4.22. The number of ether oxygens (including phenoxy) is 1. The molecule has 0 saturated carbocycles. The van der Waals surface area contributed by atoms with Gasteiger partial charge in [0, 0.05) is 11.5 Å². The van der Waals surface area contributed by atoms with Crippen molar-refractivity contribution >= 4 is 5.78 Å². The Hall–Kier alpha value is -1.31. The van der Waals surface area contributed by atoms with E-state index in [0.717, 1.165) is 37.2 Å². The highest BCUT2D eigenvalue weighted by atomic mass is 16.5. The second-order valence-electron chi connectivity index (χ2n) is 4.40. The Bertz CT molecular complexity index is 340. The lowest BCUT2D eigenvalue weighted by molar-refractivity contribution is 0.0927. The van der Waals surface area contributed by atoms with Gasteiger partial charge in [-0.05, 0) is 37.1 Å². The molecule has 0 bridgehead atoms. The first-order chi connectivity index (χ1) is 8.19. The lowest BCUT2D eigenvalue weighted by atomic mass is 9.97. The van der Waals surface area contributed by atoms with Crippen LogP contribution in [0.1, 0.15) is 50.4 Å². The second-order valence-corrected chi connectivity index (χ2v) is 4.40. The maximum Gasteiger partial charge on any atom is 0.165 e. The van der Waals surface area contributed by atoms with Crippen LogP contribution in [-0.2, 0) is 0 Å². The van der Waals surface area contributed by atoms with E-state index in [1.807, 2.05) is 38.1 Å². The average Bonchev–Trinajstić information content (AvgIpc) is 2.38. The van der Waals surface area contributed by atoms with Crippen molar-refractivity contribution in [2.75, 3.05) is 6.61 Å². The van der Waals surface area contributed by atoms with E-state index in [1.54, 1.807) is 0 Å². The fourth-order valence-electron chi connectivity index (χ4n) is 1.52. The number of hydrogen-bond donors (Lipinski definition) is 0. The number of carbonyl (C=O) groups excluding carboxylic acids is 1. The van der Waals surface area contributed by atoms with Gasteiger partial charge >= 0.3 is 0 Å². The Morgan fingerprint density at radius 1 is 1.24 bits per heavy atom. The standard InChI is InChI=1S/C15H22O2/c1-4-6-11-17-14-9-7-13(8-10-14)15(16)12(3)5-2/h7-10,12H,4-6,11H2,1-3H3. The third-order valence-corrected chi connectivity index (χ3v) is 2.97. The molecule has 0 heterocycles. The molecule has 2 heteroatoms. The molecule has 0 aliphatic rings. The normalized spacial score (nSPS) is 12.2. The molecule has 1 unspecified atom stereocenters. The number of Topliss-reactive ketones (excluding diaryl/α,β-unsaturated/α-hetero) is 1. The molecule has 0 saturated heterocycles. The van der Waals surface area contributed by atoms with Crippen LogP contribution >= 0.6 is 0 Å². The van der Waals surface area contributed by atoms with Crippen molar-refractivity contribution in [3.8, 4) is 5.75 Å². The molecule has 0 aliphatic heterocycles. The van der Waals surface area contributed by atoms with Crippen molar-refractivity contribution in [3.63, 3.8) is 0 Å². The number of ketones is 1. The molecule has 1 aromatic carbocycles. The quantitative estimate of drug-likeness (QED) is 0.524. The van der Waals surface area contributed by atoms with E-state index in [4.69, 9.17) is 4.74 Å². The van der Waals surface area contributed by atoms with Crippen LogP contribution in [0, 0.1) is 5.92 Å². The van der Waals surface area contributed by atoms with E-state index in [2.05, 4.69) is 6.92 Å². The Labute approximate surface area is 104 Å². The van der Waals surface area contributed by atoms with Crippen LogP contribution in [0.3, 0.4) is 0 Å². The molecule has 0 aliphatic carbocycles. The van der Waals surface area contributed by atoms with Crippen LogP contribution in [0.4, 0.5) is 0 Å². The molecule has 1 rings (SSSR count). The minimum absolute atomic E-state index is 0.0989. The highest BCUT2D eigenvalue weighted by Crippen LogP contribution is 2.16. The predicted molar refractivity (Wildman–Crippen MR) is 70.6 cm³/mol. The highest BCUT2D eigenvalue weighted by Gasteiger charge is 2.12. The monoisotopic (exact) mass is 234 g/mol. The van der Waals surface area contributed by atoms with E-state index in [0.29, 0.717) is 0 Å². The van der Waals surface area contributed by atoms with Crippen LogP contribution in [0.5, 0.6) is 5.75 Å². The Morgan fingerprint density at radius 2 is 1.88 bits per heavy atom. The van der Waals surface area contributed by atoms with Crippen LogP contribution in [0.15, 0.2) is 24.3 Å². The summed E-state index contributed by atoms with van der Waals surface area (Å²) in [7, 11) is 0. The first-order valence-electron chi connectivity index (χ1n) is 6.46. The maximum atomic E-state index is 11.9. The zero-order chi connectivity index (χ0) is 12.7. The summed E-state index contributed by atoms with van der Waals surface area (Å²) in [5, 5.41) is 0. The lowest BCUT2D eigenvalue weighted by Gasteiger charge is -2.09. The van der Waals surface area contributed by atoms with Gasteiger partial charge < -0.3 is 4.74 Å². The molecule has 0 spiro atoms. The summed E-state index contributed by atoms with van der Waals surface area (Å²) in [6, 6.07) is 7.47. The molecule has 17 heavy (non-hydrogen) atoms. The Balaban J connectivity index is 2.58. The minimum Gasteiger partial charge on any atom is -0.494 e. The molecule has 1 aromatic rings. The largest absolute Gasteiger partial charge is 0.494 e. The van der Waals surface area contributed by atoms with E-state index >= 15 is 0 Å². The summed E-state index contributed by atoms with van der Waals surface area (Å²) < 4.78 is 5.56. The van der Waals surface area contributed by atoms with E-state index in [9.17, 15) is 4.79 Å². The highest BCUT2D eigenvalue weighted by molar-refractivity contribution is 5.97. The molecule has 0 radical (unpaired) electrons. The lowest BCUT2D eigenvalue weighted by Crippen LogP contribution is -2.09. The van der Waals surface area contributed by atoms with Crippen molar-refractivity contribution in [3.05, 3.63) is 29.8 Å². The van der Waals surface area contributed by atoms with Gasteiger partial charge in [0.25, 0.3) is 0 Å². The first-order valence-corrected chi connectivity index (χ1v) is 6.46. The molecular weight excluding hydrogens is 212 g/mol. The molecule has 0 amide bonds. The van der Waals surface area contributed by atoms with Crippen molar-refractivity contribution in [2.24, 2.45) is 5.92 Å². The number of carbonyl (C=O) groups is 1. The smallest absolute Gasteiger partial charge is 0.165 e. The van der Waals surface area contributed by atoms with Crippen molar-refractivity contribution in [1.29, 1.82) is 0 Å². The van der Waals surface area contributed by atoms with Gasteiger partial charge in [0.15, 0.2) is 5.78 Å². The van der Waals surface area contributed by atoms with Crippen LogP contribution < -0.4 is 4.74 Å². The van der Waals surface area contributed by atoms with Crippen LogP contribution in [-0.4, -0.2) is 12.4 Å². The predicted octanol–water partition coefficient (Wildman–Crippen LogP) is 4.09. The molecule has 0 fully saturated rings. The first kappa shape index (κ1) is 13.8. The summed E-state index contributed by atoms with van der Waals surface area (Å²) in [6.07, 6.45) is 3.08. The van der Waals surface area contributed by atoms with Gasteiger partial charge in [-0.25, -0.2) is 0 Å². The van der Waals surface area contributed by atoms with E-state index < -0.39 is 0 Å². The summed E-state index contributed by atoms with van der Waals surface area (Å²) in [4.78, 5) is 11.9. The van der Waals surface area contributed by atoms with E-state index in [-0.39, 0.29) is 11.7 Å². The zero-order valence-electron chi connectivity index (χ0n) is 11.0. The van der Waals surface area contributed by atoms with Crippen LogP contribution in [0.2, 0.25) is 0 Å². The molecule has 94 valence electrons. The molecule has 0 N–H and O–H groups in total. The number of hydrogen-bond acceptors (Lipinski definition) is 2. The SMILES string of the molecule is CCCCOc1ccc(C(=O)C(C)CC)cc1. The summed E-state index contributed by atoms with van der Waals surface area (Å²) >= 11 is 0. The summed E-state index contributed by atoms with van der Waals surface area (Å²) in [6.45, 7) is 6.88. The average molecular weight is 234 g/mol. The third-order valence-electron chi connectivity index (χ3n) is 2.97. The van der Waals surface area contributed by atoms with Gasteiger partial charge in [-0.2, -0.15) is 0 Å². The van der Waals surface area contributed by atoms with Gasteiger partial charge in [0.1, 0.15) is 5.75 Å². The fourth-order valence-corrected chi connectivity index (χ4v) is 1.52. The Kier molecular flexibility index (Phi) is 5.75. The molecule has 0 aromatic heterocycles.